The Bertz CT molecular complexity index is 892. The van der Waals surface area contributed by atoms with E-state index in [1.54, 1.807) is 4.68 Å². The average Bonchev–Trinajstić information content (AvgIpc) is 3.21. The lowest BCUT2D eigenvalue weighted by molar-refractivity contribution is 0.00141. The summed E-state index contributed by atoms with van der Waals surface area (Å²) in [5, 5.41) is 21.0. The zero-order valence-corrected chi connectivity index (χ0v) is 15.5. The Balaban J connectivity index is 1.57. The van der Waals surface area contributed by atoms with Gasteiger partial charge in [-0.3, -0.25) is 4.68 Å². The molecular weight excluding hydrogens is 330 g/mol. The molecule has 4 rings (SSSR count). The predicted octanol–water partition coefficient (Wildman–Crippen LogP) is 1.47. The van der Waals surface area contributed by atoms with Crippen LogP contribution in [-0.2, 0) is 18.2 Å². The number of hydrogen-bond acceptors (Lipinski definition) is 6. The Hall–Kier alpha value is -2.32. The first-order chi connectivity index (χ1) is 12.5. The Kier molecular flexibility index (Phi) is 4.46. The quantitative estimate of drug-likeness (QED) is 0.746. The molecule has 3 aromatic rings. The highest BCUT2D eigenvalue weighted by molar-refractivity contribution is 5.58. The third-order valence-corrected chi connectivity index (χ3v) is 4.75. The van der Waals surface area contributed by atoms with Crippen LogP contribution in [0.5, 0.6) is 0 Å². The normalized spacial score (nSPS) is 18.5. The summed E-state index contributed by atoms with van der Waals surface area (Å²) in [6.07, 6.45) is 5.77. The minimum atomic E-state index is 0.0403. The molecule has 0 aliphatic carbocycles. The molecule has 138 valence electrons. The third-order valence-electron chi connectivity index (χ3n) is 4.75. The molecule has 1 unspecified atom stereocenters. The number of fused-ring (bicyclic) bond motifs is 1. The van der Waals surface area contributed by atoms with Crippen LogP contribution in [0, 0.1) is 5.41 Å². The molecule has 26 heavy (non-hydrogen) atoms. The van der Waals surface area contributed by atoms with Gasteiger partial charge >= 0.3 is 0 Å². The number of nitrogens with one attached hydrogen (secondary N) is 1. The van der Waals surface area contributed by atoms with Crippen LogP contribution < -0.4 is 5.32 Å². The topological polar surface area (TPSA) is 82.2 Å². The number of rotatable bonds is 5. The van der Waals surface area contributed by atoms with Gasteiger partial charge < -0.3 is 10.1 Å². The molecule has 1 saturated heterocycles. The van der Waals surface area contributed by atoms with Gasteiger partial charge in [0.2, 0.25) is 0 Å². The number of ether oxygens (including phenoxy) is 1. The van der Waals surface area contributed by atoms with Gasteiger partial charge in [-0.2, -0.15) is 14.7 Å². The molecule has 1 aliphatic heterocycles. The number of nitrogens with zero attached hydrogens (tertiary/aromatic N) is 6. The molecule has 8 nitrogen and oxygen atoms in total. The SMILES string of the molecule is Cn1cc(-c2ccc3nnc(CC(C)(C)CC4CNCCO4)n3n2)cn1. The second-order valence-electron chi connectivity index (χ2n) is 7.75. The number of aromatic nitrogens is 6. The smallest absolute Gasteiger partial charge is 0.177 e. The lowest BCUT2D eigenvalue weighted by Crippen LogP contribution is -2.41. The first-order valence-electron chi connectivity index (χ1n) is 9.03. The van der Waals surface area contributed by atoms with Gasteiger partial charge in [-0.1, -0.05) is 13.8 Å². The van der Waals surface area contributed by atoms with Gasteiger partial charge in [-0.15, -0.1) is 10.2 Å². The Morgan fingerprint density at radius 2 is 2.19 bits per heavy atom. The van der Waals surface area contributed by atoms with E-state index in [2.05, 4.69) is 34.5 Å². The minimum absolute atomic E-state index is 0.0403. The molecule has 1 N–H and O–H groups in total. The van der Waals surface area contributed by atoms with Gasteiger partial charge in [0.05, 0.1) is 24.6 Å². The summed E-state index contributed by atoms with van der Waals surface area (Å²) in [6, 6.07) is 3.91. The van der Waals surface area contributed by atoms with Gasteiger partial charge in [0.15, 0.2) is 11.5 Å². The molecule has 0 aromatic carbocycles. The van der Waals surface area contributed by atoms with Crippen LogP contribution in [0.1, 0.15) is 26.1 Å². The fourth-order valence-electron chi connectivity index (χ4n) is 3.52. The molecular formula is C18H25N7O. The lowest BCUT2D eigenvalue weighted by atomic mass is 9.83. The molecule has 1 fully saturated rings. The lowest BCUT2D eigenvalue weighted by Gasteiger charge is -2.31. The van der Waals surface area contributed by atoms with Crippen molar-refractivity contribution in [1.29, 1.82) is 0 Å². The van der Waals surface area contributed by atoms with E-state index in [1.807, 2.05) is 36.1 Å². The molecule has 0 saturated carbocycles. The summed E-state index contributed by atoms with van der Waals surface area (Å²) in [7, 11) is 1.90. The number of aryl methyl sites for hydroxylation is 1. The van der Waals surface area contributed by atoms with E-state index in [0.717, 1.165) is 55.3 Å². The fourth-order valence-corrected chi connectivity index (χ4v) is 3.52. The maximum absolute atomic E-state index is 5.87. The molecule has 1 aliphatic rings. The van der Waals surface area contributed by atoms with Crippen molar-refractivity contribution < 1.29 is 4.74 Å². The summed E-state index contributed by atoms with van der Waals surface area (Å²) in [5.74, 6) is 0.875. The fraction of sp³-hybridized carbons (Fsp3) is 0.556. The van der Waals surface area contributed by atoms with Gasteiger partial charge in [0, 0.05) is 38.3 Å². The Labute approximate surface area is 152 Å². The first-order valence-corrected chi connectivity index (χ1v) is 9.03. The van der Waals surface area contributed by atoms with Crippen molar-refractivity contribution in [2.45, 2.75) is 32.8 Å². The predicted molar refractivity (Wildman–Crippen MR) is 97.7 cm³/mol. The molecule has 0 radical (unpaired) electrons. The maximum Gasteiger partial charge on any atom is 0.177 e. The van der Waals surface area contributed by atoms with Crippen LogP contribution in [0.4, 0.5) is 0 Å². The molecule has 8 heteroatoms. The minimum Gasteiger partial charge on any atom is -0.376 e. The van der Waals surface area contributed by atoms with Crippen molar-refractivity contribution in [1.82, 2.24) is 34.9 Å². The summed E-state index contributed by atoms with van der Waals surface area (Å²) in [6.45, 7) is 7.12. The number of hydrogen-bond donors (Lipinski definition) is 1. The first kappa shape index (κ1) is 17.1. The monoisotopic (exact) mass is 355 g/mol. The summed E-state index contributed by atoms with van der Waals surface area (Å²) in [5.41, 5.74) is 2.65. The second kappa shape index (κ2) is 6.77. The highest BCUT2D eigenvalue weighted by Crippen LogP contribution is 2.28. The van der Waals surface area contributed by atoms with Crippen molar-refractivity contribution in [3.8, 4) is 11.3 Å². The van der Waals surface area contributed by atoms with Crippen molar-refractivity contribution in [3.05, 3.63) is 30.4 Å². The van der Waals surface area contributed by atoms with Gasteiger partial charge in [-0.05, 0) is 24.0 Å². The van der Waals surface area contributed by atoms with Crippen LogP contribution in [-0.4, -0.2) is 55.4 Å². The zero-order valence-electron chi connectivity index (χ0n) is 15.5. The highest BCUT2D eigenvalue weighted by atomic mass is 16.5. The molecule has 0 bridgehead atoms. The summed E-state index contributed by atoms with van der Waals surface area (Å²) in [4.78, 5) is 0. The van der Waals surface area contributed by atoms with Crippen molar-refractivity contribution in [2.24, 2.45) is 12.5 Å². The second-order valence-corrected chi connectivity index (χ2v) is 7.75. The number of morpholine rings is 1. The summed E-state index contributed by atoms with van der Waals surface area (Å²) >= 11 is 0. The Morgan fingerprint density at radius 3 is 2.92 bits per heavy atom. The van der Waals surface area contributed by atoms with Crippen LogP contribution in [0.15, 0.2) is 24.5 Å². The van der Waals surface area contributed by atoms with Gasteiger partial charge in [0.25, 0.3) is 0 Å². The average molecular weight is 355 g/mol. The Morgan fingerprint density at radius 1 is 1.31 bits per heavy atom. The van der Waals surface area contributed by atoms with Crippen LogP contribution >= 0.6 is 0 Å². The molecule has 3 aromatic heterocycles. The van der Waals surface area contributed by atoms with E-state index in [-0.39, 0.29) is 11.5 Å². The van der Waals surface area contributed by atoms with Crippen LogP contribution in [0.3, 0.4) is 0 Å². The highest BCUT2D eigenvalue weighted by Gasteiger charge is 2.27. The van der Waals surface area contributed by atoms with Crippen LogP contribution in [0.25, 0.3) is 16.9 Å². The van der Waals surface area contributed by atoms with Crippen LogP contribution in [0.2, 0.25) is 0 Å². The standard InChI is InChI=1S/C18H25N7O/c1-18(2,8-14-11-19-6-7-26-14)9-17-22-21-16-5-4-15(23-25(16)17)13-10-20-24(3)12-13/h4-5,10,12,14,19H,6-9,11H2,1-3H3. The van der Waals surface area contributed by atoms with E-state index in [0.29, 0.717) is 0 Å². The largest absolute Gasteiger partial charge is 0.376 e. The van der Waals surface area contributed by atoms with Crippen molar-refractivity contribution in [2.75, 3.05) is 19.7 Å². The van der Waals surface area contributed by atoms with Gasteiger partial charge in [-0.25, -0.2) is 0 Å². The zero-order chi connectivity index (χ0) is 18.1. The van der Waals surface area contributed by atoms with E-state index in [1.165, 1.54) is 0 Å². The van der Waals surface area contributed by atoms with E-state index < -0.39 is 0 Å². The van der Waals surface area contributed by atoms with Crippen molar-refractivity contribution in [3.63, 3.8) is 0 Å². The van der Waals surface area contributed by atoms with E-state index in [4.69, 9.17) is 9.84 Å². The summed E-state index contributed by atoms with van der Waals surface area (Å²) < 4.78 is 9.49. The maximum atomic E-state index is 5.87. The molecule has 0 spiro atoms. The van der Waals surface area contributed by atoms with Gasteiger partial charge in [0.1, 0.15) is 0 Å². The van der Waals surface area contributed by atoms with E-state index in [9.17, 15) is 0 Å². The van der Waals surface area contributed by atoms with E-state index >= 15 is 0 Å². The molecule has 4 heterocycles. The van der Waals surface area contributed by atoms with Crippen molar-refractivity contribution >= 4 is 5.65 Å². The molecule has 0 amide bonds. The third kappa shape index (κ3) is 3.61. The molecule has 1 atom stereocenters.